The Morgan fingerprint density at radius 3 is 2.31 bits per heavy atom. The lowest BCUT2D eigenvalue weighted by Crippen LogP contribution is -2.37. The van der Waals surface area contributed by atoms with Crippen LogP contribution >= 0.6 is 15.9 Å². The second-order valence-electron chi connectivity index (χ2n) is 4.11. The summed E-state index contributed by atoms with van der Waals surface area (Å²) in [7, 11) is -4.43. The topological polar surface area (TPSA) is 46.2 Å². The van der Waals surface area contributed by atoms with Crippen LogP contribution < -0.4 is 4.72 Å². The fourth-order valence-corrected chi connectivity index (χ4v) is 3.47. The molecule has 0 aromatic carbocycles. The van der Waals surface area contributed by atoms with Crippen LogP contribution in [-0.2, 0) is 10.0 Å². The third-order valence-corrected chi connectivity index (χ3v) is 4.92. The second-order valence-corrected chi connectivity index (χ2v) is 6.50. The average Bonchev–Trinajstić information content (AvgIpc) is 2.26. The van der Waals surface area contributed by atoms with E-state index in [4.69, 9.17) is 0 Å². The van der Waals surface area contributed by atoms with E-state index in [0.717, 1.165) is 31.0 Å². The molecular formula is C9H16BrF2NO2S. The molecule has 2 atom stereocenters. The predicted octanol–water partition coefficient (Wildman–Crippen LogP) is 2.33. The van der Waals surface area contributed by atoms with Crippen molar-refractivity contribution >= 4 is 26.0 Å². The Hall–Kier alpha value is 0.250. The second kappa shape index (κ2) is 6.26. The van der Waals surface area contributed by atoms with E-state index in [2.05, 4.69) is 15.9 Å². The molecule has 96 valence electrons. The van der Waals surface area contributed by atoms with Crippen LogP contribution in [0.25, 0.3) is 0 Å². The van der Waals surface area contributed by atoms with Crippen molar-refractivity contribution in [3.05, 3.63) is 0 Å². The molecule has 0 radical (unpaired) electrons. The van der Waals surface area contributed by atoms with E-state index >= 15 is 0 Å². The van der Waals surface area contributed by atoms with Gasteiger partial charge in [-0.1, -0.05) is 28.8 Å². The van der Waals surface area contributed by atoms with E-state index in [-0.39, 0.29) is 12.5 Å². The first-order valence-electron chi connectivity index (χ1n) is 5.30. The largest absolute Gasteiger partial charge is 0.350 e. The summed E-state index contributed by atoms with van der Waals surface area (Å²) in [4.78, 5) is 0. The van der Waals surface area contributed by atoms with Crippen molar-refractivity contribution < 1.29 is 17.2 Å². The Balaban J connectivity index is 2.47. The van der Waals surface area contributed by atoms with Crippen LogP contribution in [0.1, 0.15) is 25.7 Å². The molecule has 1 saturated carbocycles. The van der Waals surface area contributed by atoms with E-state index < -0.39 is 15.8 Å². The molecule has 1 rings (SSSR count). The fourth-order valence-electron chi connectivity index (χ4n) is 2.04. The van der Waals surface area contributed by atoms with Gasteiger partial charge in [0.05, 0.1) is 0 Å². The fraction of sp³-hybridized carbons (Fsp3) is 1.00. The first-order valence-corrected chi connectivity index (χ1v) is 7.96. The molecule has 0 bridgehead atoms. The minimum atomic E-state index is -4.43. The first kappa shape index (κ1) is 14.3. The highest BCUT2D eigenvalue weighted by Crippen LogP contribution is 2.30. The smallest absolute Gasteiger partial charge is 0.210 e. The third-order valence-electron chi connectivity index (χ3n) is 3.05. The predicted molar refractivity (Wildman–Crippen MR) is 62.2 cm³/mol. The number of sulfonamides is 1. The Labute approximate surface area is 103 Å². The van der Waals surface area contributed by atoms with Crippen molar-refractivity contribution in [3.8, 4) is 0 Å². The zero-order valence-electron chi connectivity index (χ0n) is 8.83. The maximum absolute atomic E-state index is 12.1. The van der Waals surface area contributed by atoms with Crippen molar-refractivity contribution in [2.45, 2.75) is 31.4 Å². The number of nitrogens with one attached hydrogen (secondary N) is 1. The standard InChI is InChI=1S/C9H16BrF2NO2S/c10-5-7-3-1-2-4-8(7)6-13-16(14,15)9(11)12/h7-9,13H,1-6H2. The molecule has 0 spiro atoms. The van der Waals surface area contributed by atoms with Crippen LogP contribution in [0.2, 0.25) is 0 Å². The highest BCUT2D eigenvalue weighted by atomic mass is 79.9. The van der Waals surface area contributed by atoms with Gasteiger partial charge >= 0.3 is 5.76 Å². The summed E-state index contributed by atoms with van der Waals surface area (Å²) in [5.41, 5.74) is 0. The van der Waals surface area contributed by atoms with Gasteiger partial charge in [-0.2, -0.15) is 8.78 Å². The highest BCUT2D eigenvalue weighted by molar-refractivity contribution is 9.09. The van der Waals surface area contributed by atoms with Gasteiger partial charge in [0.2, 0.25) is 0 Å². The molecule has 1 aliphatic carbocycles. The van der Waals surface area contributed by atoms with Crippen LogP contribution in [0, 0.1) is 11.8 Å². The van der Waals surface area contributed by atoms with Crippen molar-refractivity contribution in [3.63, 3.8) is 0 Å². The lowest BCUT2D eigenvalue weighted by Gasteiger charge is -2.30. The Kier molecular flexibility index (Phi) is 5.60. The Morgan fingerprint density at radius 2 is 1.81 bits per heavy atom. The molecular weight excluding hydrogens is 304 g/mol. The molecule has 0 aromatic rings. The molecule has 0 aliphatic heterocycles. The molecule has 1 aliphatic rings. The van der Waals surface area contributed by atoms with Gasteiger partial charge in [-0.25, -0.2) is 13.1 Å². The van der Waals surface area contributed by atoms with E-state index in [9.17, 15) is 17.2 Å². The van der Waals surface area contributed by atoms with E-state index in [1.54, 1.807) is 0 Å². The maximum Gasteiger partial charge on any atom is 0.350 e. The minimum Gasteiger partial charge on any atom is -0.210 e. The summed E-state index contributed by atoms with van der Waals surface area (Å²) >= 11 is 3.38. The first-order chi connectivity index (χ1) is 7.47. The minimum absolute atomic E-state index is 0.128. The van der Waals surface area contributed by atoms with Crippen LogP contribution in [0.3, 0.4) is 0 Å². The molecule has 0 saturated heterocycles. The molecule has 16 heavy (non-hydrogen) atoms. The number of halogens is 3. The SMILES string of the molecule is O=S(=O)(NCC1CCCCC1CBr)C(F)F. The van der Waals surface area contributed by atoms with Crippen LogP contribution in [-0.4, -0.2) is 26.1 Å². The van der Waals surface area contributed by atoms with E-state index in [1.807, 2.05) is 4.72 Å². The molecule has 0 aromatic heterocycles. The van der Waals surface area contributed by atoms with Crippen molar-refractivity contribution in [2.75, 3.05) is 11.9 Å². The van der Waals surface area contributed by atoms with Crippen molar-refractivity contribution in [1.29, 1.82) is 0 Å². The van der Waals surface area contributed by atoms with E-state index in [1.165, 1.54) is 0 Å². The normalized spacial score (nSPS) is 27.2. The summed E-state index contributed by atoms with van der Waals surface area (Å²) in [6.07, 6.45) is 4.12. The summed E-state index contributed by atoms with van der Waals surface area (Å²) < 4.78 is 48.0. The van der Waals surface area contributed by atoms with Crippen molar-refractivity contribution in [1.82, 2.24) is 4.72 Å². The van der Waals surface area contributed by atoms with Gasteiger partial charge in [0.15, 0.2) is 0 Å². The summed E-state index contributed by atoms with van der Waals surface area (Å²) in [6, 6.07) is 0. The van der Waals surface area contributed by atoms with Gasteiger partial charge in [0, 0.05) is 11.9 Å². The molecule has 3 nitrogen and oxygen atoms in total. The Bertz CT molecular complexity index is 311. The van der Waals surface area contributed by atoms with Gasteiger partial charge in [-0.05, 0) is 24.7 Å². The zero-order chi connectivity index (χ0) is 12.2. The average molecular weight is 320 g/mol. The molecule has 1 N–H and O–H groups in total. The third kappa shape index (κ3) is 3.92. The van der Waals surface area contributed by atoms with Gasteiger partial charge in [0.25, 0.3) is 10.0 Å². The lowest BCUT2D eigenvalue weighted by molar-refractivity contribution is 0.227. The maximum atomic E-state index is 12.1. The number of hydrogen-bond donors (Lipinski definition) is 1. The highest BCUT2D eigenvalue weighted by Gasteiger charge is 2.28. The van der Waals surface area contributed by atoms with Crippen molar-refractivity contribution in [2.24, 2.45) is 11.8 Å². The molecule has 1 fully saturated rings. The van der Waals surface area contributed by atoms with Gasteiger partial charge in [0.1, 0.15) is 0 Å². The number of hydrogen-bond acceptors (Lipinski definition) is 2. The Morgan fingerprint density at radius 1 is 1.25 bits per heavy atom. The summed E-state index contributed by atoms with van der Waals surface area (Å²) in [5.74, 6) is -2.78. The molecule has 0 amide bonds. The van der Waals surface area contributed by atoms with Crippen LogP contribution in [0.4, 0.5) is 8.78 Å². The summed E-state index contributed by atoms with van der Waals surface area (Å²) in [6.45, 7) is 0.128. The van der Waals surface area contributed by atoms with Gasteiger partial charge < -0.3 is 0 Å². The van der Waals surface area contributed by atoms with Crippen LogP contribution in [0.5, 0.6) is 0 Å². The zero-order valence-corrected chi connectivity index (χ0v) is 11.2. The quantitative estimate of drug-likeness (QED) is 0.790. The van der Waals surface area contributed by atoms with Gasteiger partial charge in [-0.15, -0.1) is 0 Å². The molecule has 7 heteroatoms. The van der Waals surface area contributed by atoms with Gasteiger partial charge in [-0.3, -0.25) is 0 Å². The molecule has 0 heterocycles. The number of rotatable bonds is 5. The molecule has 2 unspecified atom stereocenters. The number of alkyl halides is 3. The lowest BCUT2D eigenvalue weighted by atomic mass is 9.80. The van der Waals surface area contributed by atoms with Crippen LogP contribution in [0.15, 0.2) is 0 Å². The van der Waals surface area contributed by atoms with E-state index in [0.29, 0.717) is 5.92 Å². The summed E-state index contributed by atoms with van der Waals surface area (Å²) in [5, 5.41) is 0.800. The monoisotopic (exact) mass is 319 g/mol.